The van der Waals surface area contributed by atoms with Crippen LogP contribution in [-0.4, -0.2) is 61.6 Å². The van der Waals surface area contributed by atoms with E-state index in [9.17, 15) is 8.42 Å². The van der Waals surface area contributed by atoms with Crippen molar-refractivity contribution < 1.29 is 22.4 Å². The third kappa shape index (κ3) is 5.32. The average Bonchev–Trinajstić information content (AvgIpc) is 3.43. The predicted octanol–water partition coefficient (Wildman–Crippen LogP) is 2.90. The van der Waals surface area contributed by atoms with Crippen LogP contribution in [0.3, 0.4) is 0 Å². The first kappa shape index (κ1) is 22.4. The number of likely N-dealkylation sites (tertiary alicyclic amines) is 1. The summed E-state index contributed by atoms with van der Waals surface area (Å²) in [4.78, 5) is 11.5. The van der Waals surface area contributed by atoms with E-state index in [4.69, 9.17) is 14.0 Å². The van der Waals surface area contributed by atoms with Gasteiger partial charge < -0.3 is 14.0 Å². The van der Waals surface area contributed by atoms with Crippen LogP contribution < -0.4 is 4.74 Å². The zero-order valence-corrected chi connectivity index (χ0v) is 18.9. The zero-order valence-electron chi connectivity index (χ0n) is 18.1. The van der Waals surface area contributed by atoms with Crippen LogP contribution in [0.4, 0.5) is 0 Å². The summed E-state index contributed by atoms with van der Waals surface area (Å²) in [5.41, 5.74) is 1.61. The van der Waals surface area contributed by atoms with E-state index in [-0.39, 0.29) is 6.04 Å². The molecule has 1 saturated heterocycles. The molecule has 1 fully saturated rings. The van der Waals surface area contributed by atoms with Gasteiger partial charge in [0.25, 0.3) is 0 Å². The van der Waals surface area contributed by atoms with Crippen molar-refractivity contribution >= 4 is 9.84 Å². The van der Waals surface area contributed by atoms with Crippen molar-refractivity contribution in [1.29, 1.82) is 0 Å². The minimum absolute atomic E-state index is 0.00645. The molecule has 0 aliphatic carbocycles. The summed E-state index contributed by atoms with van der Waals surface area (Å²) >= 11 is 0. The van der Waals surface area contributed by atoms with Crippen LogP contribution in [0.25, 0.3) is 11.5 Å². The number of rotatable bonds is 9. The predicted molar refractivity (Wildman–Crippen MR) is 117 cm³/mol. The Kier molecular flexibility index (Phi) is 6.83. The summed E-state index contributed by atoms with van der Waals surface area (Å²) in [6.45, 7) is 2.52. The molecule has 0 radical (unpaired) electrons. The zero-order chi connectivity index (χ0) is 22.6. The Hall–Kier alpha value is -2.82. The van der Waals surface area contributed by atoms with Gasteiger partial charge in [0.05, 0.1) is 17.5 Å². The molecule has 1 aliphatic heterocycles. The number of hydrogen-bond donors (Lipinski definition) is 0. The Bertz CT molecular complexity index is 1150. The first-order valence-corrected chi connectivity index (χ1v) is 12.3. The Morgan fingerprint density at radius 1 is 1.19 bits per heavy atom. The minimum atomic E-state index is -3.20. The van der Waals surface area contributed by atoms with E-state index in [0.29, 0.717) is 47.8 Å². The van der Waals surface area contributed by atoms with E-state index in [1.807, 2.05) is 12.1 Å². The quantitative estimate of drug-likeness (QED) is 0.447. The molecule has 170 valence electrons. The van der Waals surface area contributed by atoms with Crippen LogP contribution in [0.5, 0.6) is 5.75 Å². The third-order valence-electron chi connectivity index (χ3n) is 5.34. The van der Waals surface area contributed by atoms with E-state index < -0.39 is 9.84 Å². The molecule has 0 bridgehead atoms. The number of methoxy groups -OCH3 is 1. The highest BCUT2D eigenvalue weighted by Crippen LogP contribution is 2.33. The van der Waals surface area contributed by atoms with Crippen molar-refractivity contribution in [2.75, 3.05) is 33.1 Å². The maximum atomic E-state index is 11.7. The van der Waals surface area contributed by atoms with E-state index >= 15 is 0 Å². The van der Waals surface area contributed by atoms with Gasteiger partial charge in [-0.25, -0.2) is 8.42 Å². The maximum absolute atomic E-state index is 11.7. The highest BCUT2D eigenvalue weighted by Gasteiger charge is 2.31. The third-order valence-corrected chi connectivity index (χ3v) is 6.47. The molecule has 32 heavy (non-hydrogen) atoms. The van der Waals surface area contributed by atoms with Crippen LogP contribution in [0, 0.1) is 0 Å². The second-order valence-corrected chi connectivity index (χ2v) is 9.73. The van der Waals surface area contributed by atoms with E-state index in [0.717, 1.165) is 24.9 Å². The molecule has 0 amide bonds. The maximum Gasteiger partial charge on any atom is 0.244 e. The number of nitrogens with zero attached hydrogens (tertiary/aromatic N) is 4. The van der Waals surface area contributed by atoms with Crippen LogP contribution in [-0.2, 0) is 21.1 Å². The van der Waals surface area contributed by atoms with Gasteiger partial charge in [0.2, 0.25) is 11.7 Å². The topological polar surface area (TPSA) is 108 Å². The first-order valence-electron chi connectivity index (χ1n) is 10.4. The molecular weight excluding hydrogens is 432 g/mol. The highest BCUT2D eigenvalue weighted by molar-refractivity contribution is 7.90. The van der Waals surface area contributed by atoms with Gasteiger partial charge in [-0.1, -0.05) is 17.3 Å². The SMILES string of the molecule is COCCOc1ccnc(-c2noc([C@@H]3CCCN3Cc3ccc(S(C)(=O)=O)cc3)n2)c1. The van der Waals surface area contributed by atoms with Gasteiger partial charge in [-0.2, -0.15) is 4.98 Å². The summed E-state index contributed by atoms with van der Waals surface area (Å²) in [6.07, 6.45) is 4.79. The van der Waals surface area contributed by atoms with Gasteiger partial charge in [-0.15, -0.1) is 0 Å². The molecule has 0 unspecified atom stereocenters. The van der Waals surface area contributed by atoms with Crippen molar-refractivity contribution in [3.05, 3.63) is 54.0 Å². The first-order chi connectivity index (χ1) is 15.4. The van der Waals surface area contributed by atoms with Gasteiger partial charge in [0, 0.05) is 32.2 Å². The minimum Gasteiger partial charge on any atom is -0.491 e. The largest absolute Gasteiger partial charge is 0.491 e. The van der Waals surface area contributed by atoms with Gasteiger partial charge in [-0.05, 0) is 43.1 Å². The molecule has 0 N–H and O–H groups in total. The Morgan fingerprint density at radius 2 is 2.00 bits per heavy atom. The van der Waals surface area contributed by atoms with E-state index in [2.05, 4.69) is 20.0 Å². The fraction of sp³-hybridized carbons (Fsp3) is 0.409. The van der Waals surface area contributed by atoms with Crippen molar-refractivity contribution in [3.63, 3.8) is 0 Å². The van der Waals surface area contributed by atoms with Crippen molar-refractivity contribution in [2.24, 2.45) is 0 Å². The van der Waals surface area contributed by atoms with Gasteiger partial charge >= 0.3 is 0 Å². The molecule has 3 heterocycles. The van der Waals surface area contributed by atoms with Crippen molar-refractivity contribution in [3.8, 4) is 17.3 Å². The van der Waals surface area contributed by atoms with E-state index in [1.54, 1.807) is 37.6 Å². The highest BCUT2D eigenvalue weighted by atomic mass is 32.2. The molecule has 1 aromatic carbocycles. The number of aromatic nitrogens is 3. The van der Waals surface area contributed by atoms with Gasteiger partial charge in [0.15, 0.2) is 9.84 Å². The molecule has 1 atom stereocenters. The van der Waals surface area contributed by atoms with Crippen LogP contribution in [0.2, 0.25) is 0 Å². The Morgan fingerprint density at radius 3 is 2.75 bits per heavy atom. The normalized spacial score (nSPS) is 17.0. The second-order valence-electron chi connectivity index (χ2n) is 7.72. The number of hydrogen-bond acceptors (Lipinski definition) is 9. The standard InChI is InChI=1S/C22H26N4O5S/c1-29-12-13-30-17-9-10-23-19(14-17)21-24-22(31-25-21)20-4-3-11-26(20)15-16-5-7-18(8-6-16)32(2,27)28/h5-10,14,20H,3-4,11-13,15H2,1-2H3/t20-/m0/s1. The van der Waals surface area contributed by atoms with Crippen molar-refractivity contribution in [2.45, 2.75) is 30.3 Å². The monoisotopic (exact) mass is 458 g/mol. The number of sulfone groups is 1. The molecule has 1 aliphatic rings. The molecule has 3 aromatic rings. The number of ether oxygens (including phenoxy) is 2. The Labute approximate surface area is 187 Å². The summed E-state index contributed by atoms with van der Waals surface area (Å²) < 4.78 is 39.6. The molecule has 0 spiro atoms. The number of benzene rings is 1. The van der Waals surface area contributed by atoms with Crippen LogP contribution in [0.15, 0.2) is 52.0 Å². The molecule has 10 heteroatoms. The molecular formula is C22H26N4O5S. The lowest BCUT2D eigenvalue weighted by Gasteiger charge is -2.21. The van der Waals surface area contributed by atoms with Crippen molar-refractivity contribution in [1.82, 2.24) is 20.0 Å². The van der Waals surface area contributed by atoms with Gasteiger partial charge in [0.1, 0.15) is 18.1 Å². The Balaban J connectivity index is 1.46. The lowest BCUT2D eigenvalue weighted by molar-refractivity contribution is 0.146. The summed E-state index contributed by atoms with van der Waals surface area (Å²) in [7, 11) is -1.58. The molecule has 0 saturated carbocycles. The fourth-order valence-electron chi connectivity index (χ4n) is 3.71. The molecule has 9 nitrogen and oxygen atoms in total. The second kappa shape index (κ2) is 9.76. The lowest BCUT2D eigenvalue weighted by atomic mass is 10.2. The smallest absolute Gasteiger partial charge is 0.244 e. The van der Waals surface area contributed by atoms with Crippen LogP contribution >= 0.6 is 0 Å². The van der Waals surface area contributed by atoms with Crippen LogP contribution in [0.1, 0.15) is 30.3 Å². The fourth-order valence-corrected chi connectivity index (χ4v) is 4.34. The average molecular weight is 459 g/mol. The lowest BCUT2D eigenvalue weighted by Crippen LogP contribution is -2.23. The summed E-state index contributed by atoms with van der Waals surface area (Å²) in [5, 5.41) is 4.13. The summed E-state index contributed by atoms with van der Waals surface area (Å²) in [6, 6.07) is 10.6. The molecule has 2 aromatic heterocycles. The summed E-state index contributed by atoms with van der Waals surface area (Å²) in [5.74, 6) is 1.64. The van der Waals surface area contributed by atoms with E-state index in [1.165, 1.54) is 6.26 Å². The van der Waals surface area contributed by atoms with Gasteiger partial charge in [-0.3, -0.25) is 9.88 Å². The molecule has 4 rings (SSSR count). The number of pyridine rings is 1.